The highest BCUT2D eigenvalue weighted by atomic mass is 16.6. The second-order valence-electron chi connectivity index (χ2n) is 6.56. The number of rotatable bonds is 4. The minimum atomic E-state index is -2.01. The van der Waals surface area contributed by atoms with E-state index in [1.165, 1.54) is 19.1 Å². The smallest absolute Gasteiger partial charge is 0.357 e. The van der Waals surface area contributed by atoms with E-state index in [1.807, 2.05) is 0 Å². The number of esters is 2. The number of hydrogen-bond acceptors (Lipinski definition) is 5. The number of carboxylic acids is 1. The van der Waals surface area contributed by atoms with Gasteiger partial charge in [-0.1, -0.05) is 60.7 Å². The van der Waals surface area contributed by atoms with E-state index >= 15 is 0 Å². The number of fused-ring (bicyclic) bond motifs is 3. The molecule has 0 saturated heterocycles. The largest absolute Gasteiger partial charge is 0.478 e. The number of carbonyl (C=O) groups is 3. The van der Waals surface area contributed by atoms with Crippen LogP contribution in [-0.2, 0) is 19.9 Å². The maximum Gasteiger partial charge on any atom is 0.357 e. The van der Waals surface area contributed by atoms with Crippen LogP contribution in [0.5, 0.6) is 5.75 Å². The maximum atomic E-state index is 13.1. The summed E-state index contributed by atoms with van der Waals surface area (Å²) in [4.78, 5) is 36.9. The molecule has 3 aromatic carbocycles. The van der Waals surface area contributed by atoms with Crippen molar-refractivity contribution in [3.8, 4) is 16.9 Å². The molecule has 0 amide bonds. The van der Waals surface area contributed by atoms with Crippen LogP contribution in [0.1, 0.15) is 28.4 Å². The second-order valence-corrected chi connectivity index (χ2v) is 6.56. The van der Waals surface area contributed by atoms with Gasteiger partial charge in [-0.25, -0.2) is 9.59 Å². The molecule has 0 aromatic heterocycles. The minimum absolute atomic E-state index is 0.00473. The standard InChI is InChI=1S/C23H16O6/c1-14(24)28-20-13-7-4-10-17(20)21(25)29-23(22(26)27)18-11-5-2-8-15(18)16-9-3-6-12-19(16)23/h2-13H,1H3,(H,26,27). The molecular formula is C23H16O6. The molecule has 3 aromatic rings. The molecule has 0 spiro atoms. The molecule has 0 heterocycles. The third kappa shape index (κ3) is 2.86. The van der Waals surface area contributed by atoms with Crippen molar-refractivity contribution in [2.75, 3.05) is 0 Å². The topological polar surface area (TPSA) is 89.9 Å². The van der Waals surface area contributed by atoms with Gasteiger partial charge in [-0.2, -0.15) is 0 Å². The fourth-order valence-electron chi connectivity index (χ4n) is 3.65. The zero-order chi connectivity index (χ0) is 20.6. The normalized spacial score (nSPS) is 13.1. The molecule has 144 valence electrons. The third-order valence-electron chi connectivity index (χ3n) is 4.81. The Bertz CT molecular complexity index is 1100. The van der Waals surface area contributed by atoms with E-state index < -0.39 is 23.5 Å². The average molecular weight is 388 g/mol. The Labute approximate surface area is 166 Å². The van der Waals surface area contributed by atoms with Gasteiger partial charge in [0.1, 0.15) is 11.3 Å². The van der Waals surface area contributed by atoms with Crippen molar-refractivity contribution in [2.45, 2.75) is 12.5 Å². The van der Waals surface area contributed by atoms with E-state index in [0.717, 1.165) is 0 Å². The first-order chi connectivity index (χ1) is 13.9. The fourth-order valence-corrected chi connectivity index (χ4v) is 3.65. The predicted molar refractivity (Wildman–Crippen MR) is 103 cm³/mol. The summed E-state index contributed by atoms with van der Waals surface area (Å²) in [6.07, 6.45) is 0. The minimum Gasteiger partial charge on any atom is -0.478 e. The third-order valence-corrected chi connectivity index (χ3v) is 4.81. The van der Waals surface area contributed by atoms with E-state index in [4.69, 9.17) is 9.47 Å². The van der Waals surface area contributed by atoms with Crippen LogP contribution >= 0.6 is 0 Å². The van der Waals surface area contributed by atoms with Crippen LogP contribution in [0.3, 0.4) is 0 Å². The van der Waals surface area contributed by atoms with Gasteiger partial charge in [-0.3, -0.25) is 4.79 Å². The Morgan fingerprint density at radius 2 is 1.31 bits per heavy atom. The first kappa shape index (κ1) is 18.4. The van der Waals surface area contributed by atoms with Crippen LogP contribution in [0.15, 0.2) is 72.8 Å². The highest BCUT2D eigenvalue weighted by molar-refractivity contribution is 6.01. The molecule has 0 fully saturated rings. The lowest BCUT2D eigenvalue weighted by Crippen LogP contribution is -2.40. The first-order valence-electron chi connectivity index (χ1n) is 8.88. The van der Waals surface area contributed by atoms with E-state index in [0.29, 0.717) is 22.3 Å². The molecule has 29 heavy (non-hydrogen) atoms. The van der Waals surface area contributed by atoms with Crippen molar-refractivity contribution in [1.82, 2.24) is 0 Å². The number of aliphatic carboxylic acids is 1. The van der Waals surface area contributed by atoms with Gasteiger partial charge in [-0.15, -0.1) is 0 Å². The monoisotopic (exact) mass is 388 g/mol. The molecule has 0 saturated carbocycles. The van der Waals surface area contributed by atoms with Crippen LogP contribution in [0.25, 0.3) is 11.1 Å². The molecule has 6 heteroatoms. The Hall–Kier alpha value is -3.93. The van der Waals surface area contributed by atoms with Gasteiger partial charge in [0, 0.05) is 18.1 Å². The van der Waals surface area contributed by atoms with Crippen LogP contribution in [0.2, 0.25) is 0 Å². The van der Waals surface area contributed by atoms with Gasteiger partial charge in [-0.05, 0) is 23.3 Å². The zero-order valence-corrected chi connectivity index (χ0v) is 15.4. The lowest BCUT2D eigenvalue weighted by molar-refractivity contribution is -0.155. The van der Waals surface area contributed by atoms with Crippen LogP contribution in [-0.4, -0.2) is 23.0 Å². The SMILES string of the molecule is CC(=O)Oc1ccccc1C(=O)OC1(C(=O)O)c2ccccc2-c2ccccc21. The summed E-state index contributed by atoms with van der Waals surface area (Å²) in [6, 6.07) is 19.9. The summed E-state index contributed by atoms with van der Waals surface area (Å²) in [5.74, 6) is -2.82. The van der Waals surface area contributed by atoms with Crippen LogP contribution in [0, 0.1) is 0 Å². The van der Waals surface area contributed by atoms with Crippen molar-refractivity contribution >= 4 is 17.9 Å². The van der Waals surface area contributed by atoms with Crippen molar-refractivity contribution in [2.24, 2.45) is 0 Å². The number of para-hydroxylation sites is 1. The Morgan fingerprint density at radius 3 is 1.86 bits per heavy atom. The summed E-state index contributed by atoms with van der Waals surface area (Å²) in [5.41, 5.74) is 0.0653. The van der Waals surface area contributed by atoms with Gasteiger partial charge < -0.3 is 14.6 Å². The lowest BCUT2D eigenvalue weighted by Gasteiger charge is -2.27. The molecule has 0 bridgehead atoms. The lowest BCUT2D eigenvalue weighted by atomic mass is 9.91. The Morgan fingerprint density at radius 1 is 0.793 bits per heavy atom. The quantitative estimate of drug-likeness (QED) is 0.540. The number of hydrogen-bond donors (Lipinski definition) is 1. The van der Waals surface area contributed by atoms with Crippen LogP contribution < -0.4 is 4.74 Å². The fraction of sp³-hybridized carbons (Fsp3) is 0.0870. The first-order valence-corrected chi connectivity index (χ1v) is 8.88. The molecule has 1 aliphatic rings. The predicted octanol–water partition coefficient (Wildman–Crippen LogP) is 3.78. The molecule has 0 unspecified atom stereocenters. The molecular weight excluding hydrogens is 372 g/mol. The van der Waals surface area contributed by atoms with Crippen molar-refractivity contribution < 1.29 is 29.0 Å². The summed E-state index contributed by atoms with van der Waals surface area (Å²) in [5, 5.41) is 10.2. The van der Waals surface area contributed by atoms with Gasteiger partial charge in [0.05, 0.1) is 0 Å². The molecule has 0 radical (unpaired) electrons. The summed E-state index contributed by atoms with van der Waals surface area (Å²) < 4.78 is 10.8. The maximum absolute atomic E-state index is 13.1. The Balaban J connectivity index is 1.86. The van der Waals surface area contributed by atoms with Crippen molar-refractivity contribution in [1.29, 1.82) is 0 Å². The van der Waals surface area contributed by atoms with E-state index in [9.17, 15) is 19.5 Å². The van der Waals surface area contributed by atoms with Crippen molar-refractivity contribution in [3.05, 3.63) is 89.5 Å². The number of benzene rings is 3. The molecule has 6 nitrogen and oxygen atoms in total. The molecule has 1 N–H and O–H groups in total. The van der Waals surface area contributed by atoms with Gasteiger partial charge in [0.15, 0.2) is 0 Å². The molecule has 0 aliphatic heterocycles. The average Bonchev–Trinajstić information content (AvgIpc) is 2.99. The zero-order valence-electron chi connectivity index (χ0n) is 15.4. The highest BCUT2D eigenvalue weighted by Gasteiger charge is 2.53. The second kappa shape index (κ2) is 6.91. The number of carbonyl (C=O) groups excluding carboxylic acids is 2. The van der Waals surface area contributed by atoms with Gasteiger partial charge in [0.25, 0.3) is 5.60 Å². The molecule has 4 rings (SSSR count). The van der Waals surface area contributed by atoms with Crippen molar-refractivity contribution in [3.63, 3.8) is 0 Å². The van der Waals surface area contributed by atoms with Crippen LogP contribution in [0.4, 0.5) is 0 Å². The molecule has 1 aliphatic carbocycles. The van der Waals surface area contributed by atoms with Gasteiger partial charge in [0.2, 0.25) is 0 Å². The summed E-state index contributed by atoms with van der Waals surface area (Å²) >= 11 is 0. The number of ether oxygens (including phenoxy) is 2. The molecule has 0 atom stereocenters. The van der Waals surface area contributed by atoms with E-state index in [1.54, 1.807) is 60.7 Å². The number of carboxylic acid groups (broad SMARTS) is 1. The highest BCUT2D eigenvalue weighted by Crippen LogP contribution is 2.50. The summed E-state index contributed by atoms with van der Waals surface area (Å²) in [6.45, 7) is 1.21. The van der Waals surface area contributed by atoms with E-state index in [-0.39, 0.29) is 11.3 Å². The summed E-state index contributed by atoms with van der Waals surface area (Å²) in [7, 11) is 0. The van der Waals surface area contributed by atoms with Gasteiger partial charge >= 0.3 is 17.9 Å². The van der Waals surface area contributed by atoms with E-state index in [2.05, 4.69) is 0 Å². The Kier molecular flexibility index (Phi) is 4.39.